The monoisotopic (exact) mass is 551 g/mol. The second-order valence-electron chi connectivity index (χ2n) is 10.5. The number of benzene rings is 6. The number of hydrogen-bond donors (Lipinski definition) is 0. The van der Waals surface area contributed by atoms with Crippen LogP contribution in [0.2, 0.25) is 0 Å². The highest BCUT2D eigenvalue weighted by Crippen LogP contribution is 2.34. The molecule has 8 aromatic rings. The summed E-state index contributed by atoms with van der Waals surface area (Å²) in [6, 6.07) is 51.8. The Morgan fingerprint density at radius 2 is 0.744 bits per heavy atom. The average molecular weight is 552 g/mol. The minimum absolute atomic E-state index is 0.647. The number of aromatic nitrogens is 3. The zero-order valence-electron chi connectivity index (χ0n) is 23.2. The van der Waals surface area contributed by atoms with E-state index in [1.54, 1.807) is 0 Å². The summed E-state index contributed by atoms with van der Waals surface area (Å²) in [7, 11) is 0. The van der Waals surface area contributed by atoms with Crippen LogP contribution in [0, 0.1) is 0 Å². The molecule has 0 saturated heterocycles. The van der Waals surface area contributed by atoms with Crippen molar-refractivity contribution in [2.24, 2.45) is 0 Å². The van der Waals surface area contributed by atoms with Crippen molar-refractivity contribution in [1.82, 2.24) is 15.0 Å². The number of fused-ring (bicyclic) bond motifs is 3. The summed E-state index contributed by atoms with van der Waals surface area (Å²) < 4.78 is 6.03. The molecule has 0 bridgehead atoms. The van der Waals surface area contributed by atoms with Gasteiger partial charge in [0.1, 0.15) is 11.2 Å². The van der Waals surface area contributed by atoms with Gasteiger partial charge in [-0.1, -0.05) is 127 Å². The molecule has 0 radical (unpaired) electrons. The maximum Gasteiger partial charge on any atom is 0.164 e. The topological polar surface area (TPSA) is 51.8 Å². The average Bonchev–Trinajstić information content (AvgIpc) is 3.47. The molecule has 0 spiro atoms. The van der Waals surface area contributed by atoms with E-state index in [0.717, 1.165) is 60.9 Å². The predicted octanol–water partition coefficient (Wildman–Crippen LogP) is 10.1. The van der Waals surface area contributed by atoms with Gasteiger partial charge >= 0.3 is 0 Å². The van der Waals surface area contributed by atoms with Crippen molar-refractivity contribution in [3.8, 4) is 56.4 Å². The number of rotatable bonds is 5. The first-order chi connectivity index (χ1) is 21.3. The normalized spacial score (nSPS) is 11.3. The van der Waals surface area contributed by atoms with Crippen LogP contribution in [0.3, 0.4) is 0 Å². The Bertz CT molecular complexity index is 2160. The number of nitrogens with zero attached hydrogens (tertiary/aromatic N) is 3. The van der Waals surface area contributed by atoms with Crippen LogP contribution >= 0.6 is 0 Å². The van der Waals surface area contributed by atoms with E-state index in [1.807, 2.05) is 72.8 Å². The molecule has 43 heavy (non-hydrogen) atoms. The molecule has 0 atom stereocenters. The molecule has 0 aliphatic heterocycles. The fourth-order valence-corrected chi connectivity index (χ4v) is 5.53. The molecular formula is C39H25N3O. The molecule has 202 valence electrons. The third-order valence-electron chi connectivity index (χ3n) is 7.75. The second-order valence-corrected chi connectivity index (χ2v) is 10.5. The van der Waals surface area contributed by atoms with E-state index in [0.29, 0.717) is 17.5 Å². The Morgan fingerprint density at radius 1 is 0.302 bits per heavy atom. The first-order valence-electron chi connectivity index (χ1n) is 14.3. The van der Waals surface area contributed by atoms with Gasteiger partial charge in [0.05, 0.1) is 0 Å². The molecular weight excluding hydrogens is 526 g/mol. The lowest BCUT2D eigenvalue weighted by Crippen LogP contribution is -2.00. The lowest BCUT2D eigenvalue weighted by Gasteiger charge is -2.10. The number of furan rings is 1. The van der Waals surface area contributed by atoms with E-state index in [4.69, 9.17) is 19.4 Å². The first kappa shape index (κ1) is 24.9. The van der Waals surface area contributed by atoms with Gasteiger partial charge in [-0.25, -0.2) is 15.0 Å². The van der Waals surface area contributed by atoms with Crippen molar-refractivity contribution >= 4 is 21.9 Å². The lowest BCUT2D eigenvalue weighted by atomic mass is 9.97. The Balaban J connectivity index is 1.15. The van der Waals surface area contributed by atoms with Gasteiger partial charge in [0.15, 0.2) is 17.5 Å². The van der Waals surface area contributed by atoms with Crippen LogP contribution in [0.1, 0.15) is 0 Å². The highest BCUT2D eigenvalue weighted by molar-refractivity contribution is 6.06. The maximum absolute atomic E-state index is 6.03. The summed E-state index contributed by atoms with van der Waals surface area (Å²) in [5.41, 5.74) is 9.25. The van der Waals surface area contributed by atoms with Crippen molar-refractivity contribution in [2.75, 3.05) is 0 Å². The minimum Gasteiger partial charge on any atom is -0.456 e. The smallest absolute Gasteiger partial charge is 0.164 e. The van der Waals surface area contributed by atoms with Crippen LogP contribution in [-0.4, -0.2) is 15.0 Å². The molecule has 0 unspecified atom stereocenters. The van der Waals surface area contributed by atoms with Crippen LogP contribution in [0.5, 0.6) is 0 Å². The van der Waals surface area contributed by atoms with Gasteiger partial charge in [0, 0.05) is 27.5 Å². The van der Waals surface area contributed by atoms with Crippen LogP contribution in [0.25, 0.3) is 78.4 Å². The van der Waals surface area contributed by atoms with E-state index in [-0.39, 0.29) is 0 Å². The zero-order valence-corrected chi connectivity index (χ0v) is 23.2. The summed E-state index contributed by atoms with van der Waals surface area (Å²) in [5.74, 6) is 1.96. The third kappa shape index (κ3) is 4.75. The van der Waals surface area contributed by atoms with E-state index in [9.17, 15) is 0 Å². The fraction of sp³-hybridized carbons (Fsp3) is 0. The highest BCUT2D eigenvalue weighted by atomic mass is 16.3. The quantitative estimate of drug-likeness (QED) is 0.214. The summed E-state index contributed by atoms with van der Waals surface area (Å²) in [5, 5.41) is 2.26. The molecule has 2 heterocycles. The fourth-order valence-electron chi connectivity index (χ4n) is 5.53. The Morgan fingerprint density at radius 3 is 1.40 bits per heavy atom. The molecule has 0 aliphatic carbocycles. The standard InChI is InChI=1S/C39H25N3O/c1-3-10-27(11-4-1)37-40-38(28-12-5-2-6-13-28)42-39(41-37)29-20-18-26(19-21-29)30-14-9-15-31(24-30)32-22-23-36-34(25-32)33-16-7-8-17-35(33)43-36/h1-25H. The van der Waals surface area contributed by atoms with E-state index < -0.39 is 0 Å². The Hall–Kier alpha value is -5.87. The number of hydrogen-bond acceptors (Lipinski definition) is 4. The first-order valence-corrected chi connectivity index (χ1v) is 14.3. The molecule has 6 aromatic carbocycles. The van der Waals surface area contributed by atoms with Gasteiger partial charge in [-0.2, -0.15) is 0 Å². The second kappa shape index (κ2) is 10.5. The molecule has 8 rings (SSSR count). The molecule has 0 saturated carbocycles. The van der Waals surface area contributed by atoms with E-state index in [1.165, 1.54) is 0 Å². The predicted molar refractivity (Wildman–Crippen MR) is 174 cm³/mol. The van der Waals surface area contributed by atoms with Crippen LogP contribution in [-0.2, 0) is 0 Å². The summed E-state index contributed by atoms with van der Waals surface area (Å²) in [4.78, 5) is 14.5. The molecule has 0 aliphatic rings. The Labute approximate surface area is 249 Å². The van der Waals surface area contributed by atoms with E-state index >= 15 is 0 Å². The van der Waals surface area contributed by atoms with Crippen molar-refractivity contribution < 1.29 is 4.42 Å². The lowest BCUT2D eigenvalue weighted by molar-refractivity contribution is 0.669. The van der Waals surface area contributed by atoms with Crippen molar-refractivity contribution in [3.05, 3.63) is 152 Å². The van der Waals surface area contributed by atoms with Crippen LogP contribution in [0.15, 0.2) is 156 Å². The molecule has 4 heteroatoms. The third-order valence-corrected chi connectivity index (χ3v) is 7.75. The molecule has 0 amide bonds. The molecule has 0 fully saturated rings. The van der Waals surface area contributed by atoms with Gasteiger partial charge in [0.2, 0.25) is 0 Å². The zero-order chi connectivity index (χ0) is 28.6. The van der Waals surface area contributed by atoms with Crippen LogP contribution in [0.4, 0.5) is 0 Å². The van der Waals surface area contributed by atoms with Gasteiger partial charge in [-0.15, -0.1) is 0 Å². The van der Waals surface area contributed by atoms with Gasteiger partial charge in [-0.3, -0.25) is 0 Å². The highest BCUT2D eigenvalue weighted by Gasteiger charge is 2.13. The largest absolute Gasteiger partial charge is 0.456 e. The van der Waals surface area contributed by atoms with Gasteiger partial charge < -0.3 is 4.42 Å². The van der Waals surface area contributed by atoms with Crippen molar-refractivity contribution in [1.29, 1.82) is 0 Å². The van der Waals surface area contributed by atoms with Gasteiger partial charge in [0.25, 0.3) is 0 Å². The molecule has 4 nitrogen and oxygen atoms in total. The van der Waals surface area contributed by atoms with Crippen molar-refractivity contribution in [2.45, 2.75) is 0 Å². The Kier molecular flexibility index (Phi) is 6.08. The summed E-state index contributed by atoms with van der Waals surface area (Å²) in [6.07, 6.45) is 0. The maximum atomic E-state index is 6.03. The van der Waals surface area contributed by atoms with Crippen LogP contribution < -0.4 is 0 Å². The molecule has 2 aromatic heterocycles. The molecule has 0 N–H and O–H groups in total. The van der Waals surface area contributed by atoms with Gasteiger partial charge in [-0.05, 0) is 46.5 Å². The SMILES string of the molecule is c1ccc(-c2nc(-c3ccccc3)nc(-c3ccc(-c4cccc(-c5ccc6oc7ccccc7c6c5)c4)cc3)n2)cc1. The van der Waals surface area contributed by atoms with Crippen molar-refractivity contribution in [3.63, 3.8) is 0 Å². The summed E-state index contributed by atoms with van der Waals surface area (Å²) >= 11 is 0. The number of para-hydroxylation sites is 1. The summed E-state index contributed by atoms with van der Waals surface area (Å²) in [6.45, 7) is 0. The minimum atomic E-state index is 0.647. The van der Waals surface area contributed by atoms with E-state index in [2.05, 4.69) is 78.9 Å².